The highest BCUT2D eigenvalue weighted by Gasteiger charge is 2.05. The maximum absolute atomic E-state index is 10.4. The number of nitrogens with zero attached hydrogens (tertiary/aromatic N) is 2. The monoisotopic (exact) mass is 300 g/mol. The summed E-state index contributed by atoms with van der Waals surface area (Å²) in [6.07, 6.45) is 6.18. The van der Waals surface area contributed by atoms with E-state index in [1.165, 1.54) is 25.7 Å². The molecule has 0 fully saturated rings. The summed E-state index contributed by atoms with van der Waals surface area (Å²) in [6.45, 7) is 3.92. The second-order valence-corrected chi connectivity index (χ2v) is 4.73. The van der Waals surface area contributed by atoms with Gasteiger partial charge in [0.2, 0.25) is 0 Å². The minimum Gasteiger partial charge on any atom is -0.395 e. The molecule has 0 aromatic heterocycles. The van der Waals surface area contributed by atoms with Gasteiger partial charge in [-0.2, -0.15) is 0 Å². The van der Waals surface area contributed by atoms with E-state index < -0.39 is 0 Å². The molecule has 1 rings (SSSR count). The molecule has 1 aromatic carbocycles. The van der Waals surface area contributed by atoms with E-state index in [4.69, 9.17) is 5.11 Å². The van der Waals surface area contributed by atoms with Gasteiger partial charge in [-0.1, -0.05) is 32.6 Å². The van der Waals surface area contributed by atoms with E-state index in [1.807, 2.05) is 12.1 Å². The summed E-state index contributed by atoms with van der Waals surface area (Å²) in [4.78, 5) is 12.5. The first-order chi connectivity index (χ1) is 9.31. The van der Waals surface area contributed by atoms with E-state index in [-0.39, 0.29) is 19.0 Å². The van der Waals surface area contributed by atoms with Gasteiger partial charge < -0.3 is 10.0 Å². The number of hydrogen-bond acceptors (Lipinski definition) is 4. The SMILES string of the molecule is CCCCCCCN(CCO)c1ccc(N=O)cc1.Cl. The highest BCUT2D eigenvalue weighted by Crippen LogP contribution is 2.20. The highest BCUT2D eigenvalue weighted by atomic mass is 35.5. The van der Waals surface area contributed by atoms with Crippen LogP contribution in [0, 0.1) is 4.91 Å². The van der Waals surface area contributed by atoms with Gasteiger partial charge in [0.1, 0.15) is 5.69 Å². The number of aliphatic hydroxyl groups excluding tert-OH is 1. The number of anilines is 1. The Bertz CT molecular complexity index is 357. The van der Waals surface area contributed by atoms with Crippen LogP contribution in [0.2, 0.25) is 0 Å². The van der Waals surface area contributed by atoms with Gasteiger partial charge in [0.15, 0.2) is 0 Å². The molecule has 20 heavy (non-hydrogen) atoms. The average Bonchev–Trinajstić information content (AvgIpc) is 2.46. The fourth-order valence-electron chi connectivity index (χ4n) is 2.12. The Balaban J connectivity index is 0.00000361. The zero-order valence-corrected chi connectivity index (χ0v) is 12.9. The summed E-state index contributed by atoms with van der Waals surface area (Å²) in [5.41, 5.74) is 1.48. The van der Waals surface area contributed by atoms with Crippen molar-refractivity contribution in [2.24, 2.45) is 5.18 Å². The Kier molecular flexibility index (Phi) is 11.0. The minimum atomic E-state index is 0. The molecule has 0 heterocycles. The molecule has 1 aromatic rings. The third kappa shape index (κ3) is 6.87. The van der Waals surface area contributed by atoms with Crippen LogP contribution in [-0.2, 0) is 0 Å². The van der Waals surface area contributed by atoms with E-state index in [0.717, 1.165) is 18.7 Å². The summed E-state index contributed by atoms with van der Waals surface area (Å²) in [5, 5.41) is 12.0. The second-order valence-electron chi connectivity index (χ2n) is 4.73. The van der Waals surface area contributed by atoms with Crippen LogP contribution in [-0.4, -0.2) is 24.8 Å². The summed E-state index contributed by atoms with van der Waals surface area (Å²) in [5.74, 6) is 0. The molecule has 0 amide bonds. The van der Waals surface area contributed by atoms with Gasteiger partial charge in [-0.25, -0.2) is 0 Å². The van der Waals surface area contributed by atoms with Crippen LogP contribution in [0.15, 0.2) is 29.4 Å². The quantitative estimate of drug-likeness (QED) is 0.518. The summed E-state index contributed by atoms with van der Waals surface area (Å²) in [7, 11) is 0. The minimum absolute atomic E-state index is 0. The normalized spacial score (nSPS) is 9.90. The van der Waals surface area contributed by atoms with Crippen molar-refractivity contribution in [3.8, 4) is 0 Å². The molecule has 0 saturated heterocycles. The van der Waals surface area contributed by atoms with Gasteiger partial charge in [-0.3, -0.25) is 0 Å². The number of hydrogen-bond donors (Lipinski definition) is 1. The van der Waals surface area contributed by atoms with Gasteiger partial charge >= 0.3 is 0 Å². The molecule has 0 spiro atoms. The van der Waals surface area contributed by atoms with Crippen molar-refractivity contribution < 1.29 is 5.11 Å². The lowest BCUT2D eigenvalue weighted by Crippen LogP contribution is -2.27. The van der Waals surface area contributed by atoms with Crippen molar-refractivity contribution in [1.82, 2.24) is 0 Å². The third-order valence-electron chi connectivity index (χ3n) is 3.22. The zero-order valence-electron chi connectivity index (χ0n) is 12.1. The van der Waals surface area contributed by atoms with Crippen LogP contribution >= 0.6 is 12.4 Å². The number of benzene rings is 1. The Morgan fingerprint density at radius 3 is 2.25 bits per heavy atom. The Labute approximate surface area is 127 Å². The Morgan fingerprint density at radius 2 is 1.70 bits per heavy atom. The Morgan fingerprint density at radius 1 is 1.05 bits per heavy atom. The molecule has 0 unspecified atom stereocenters. The molecule has 4 nitrogen and oxygen atoms in total. The van der Waals surface area contributed by atoms with E-state index in [0.29, 0.717) is 12.2 Å². The van der Waals surface area contributed by atoms with Gasteiger partial charge in [0, 0.05) is 18.8 Å². The molecule has 5 heteroatoms. The maximum Gasteiger partial charge on any atom is 0.108 e. The first-order valence-electron chi connectivity index (χ1n) is 7.11. The fourth-order valence-corrected chi connectivity index (χ4v) is 2.12. The Hall–Kier alpha value is -1.13. The number of rotatable bonds is 10. The van der Waals surface area contributed by atoms with Crippen LogP contribution in [0.25, 0.3) is 0 Å². The van der Waals surface area contributed by atoms with Crippen LogP contribution < -0.4 is 4.90 Å². The van der Waals surface area contributed by atoms with Gasteiger partial charge in [0.25, 0.3) is 0 Å². The highest BCUT2D eigenvalue weighted by molar-refractivity contribution is 5.85. The van der Waals surface area contributed by atoms with E-state index in [1.54, 1.807) is 12.1 Å². The molecule has 0 radical (unpaired) electrons. The molecular formula is C15H25ClN2O2. The van der Waals surface area contributed by atoms with Crippen molar-refractivity contribution in [3.63, 3.8) is 0 Å². The van der Waals surface area contributed by atoms with E-state index >= 15 is 0 Å². The van der Waals surface area contributed by atoms with Crippen LogP contribution in [0.5, 0.6) is 0 Å². The third-order valence-corrected chi connectivity index (χ3v) is 3.22. The fraction of sp³-hybridized carbons (Fsp3) is 0.600. The van der Waals surface area contributed by atoms with Gasteiger partial charge in [-0.05, 0) is 35.9 Å². The van der Waals surface area contributed by atoms with Crippen LogP contribution in [0.3, 0.4) is 0 Å². The summed E-state index contributed by atoms with van der Waals surface area (Å²) >= 11 is 0. The lowest BCUT2D eigenvalue weighted by atomic mass is 10.1. The summed E-state index contributed by atoms with van der Waals surface area (Å²) in [6, 6.07) is 7.20. The summed E-state index contributed by atoms with van der Waals surface area (Å²) < 4.78 is 0. The van der Waals surface area contributed by atoms with Crippen molar-refractivity contribution in [1.29, 1.82) is 0 Å². The van der Waals surface area contributed by atoms with Crippen molar-refractivity contribution >= 4 is 23.8 Å². The zero-order chi connectivity index (χ0) is 13.9. The molecule has 0 saturated carbocycles. The number of halogens is 1. The number of unbranched alkanes of at least 4 members (excludes halogenated alkanes) is 4. The van der Waals surface area contributed by atoms with Crippen molar-refractivity contribution in [2.75, 3.05) is 24.6 Å². The van der Waals surface area contributed by atoms with Crippen LogP contribution in [0.1, 0.15) is 39.0 Å². The largest absolute Gasteiger partial charge is 0.395 e. The molecule has 0 bridgehead atoms. The van der Waals surface area contributed by atoms with E-state index in [9.17, 15) is 4.91 Å². The van der Waals surface area contributed by atoms with Gasteiger partial charge in [-0.15, -0.1) is 17.3 Å². The first-order valence-corrected chi connectivity index (χ1v) is 7.11. The lowest BCUT2D eigenvalue weighted by Gasteiger charge is -2.24. The maximum atomic E-state index is 10.4. The molecule has 0 aliphatic rings. The number of aliphatic hydroxyl groups is 1. The first kappa shape index (κ1) is 18.9. The second kappa shape index (κ2) is 11.7. The standard InChI is InChI=1S/C15H24N2O2.ClH/c1-2-3-4-5-6-11-17(12-13-18)15-9-7-14(16-19)8-10-15;/h7-10,18H,2-6,11-13H2,1H3;1H. The molecule has 0 aliphatic heterocycles. The smallest absolute Gasteiger partial charge is 0.108 e. The van der Waals surface area contributed by atoms with Gasteiger partial charge in [0.05, 0.1) is 6.61 Å². The molecule has 114 valence electrons. The average molecular weight is 301 g/mol. The topological polar surface area (TPSA) is 52.9 Å². The van der Waals surface area contributed by atoms with Crippen molar-refractivity contribution in [2.45, 2.75) is 39.0 Å². The molecule has 0 aliphatic carbocycles. The van der Waals surface area contributed by atoms with Crippen LogP contribution in [0.4, 0.5) is 11.4 Å². The van der Waals surface area contributed by atoms with E-state index in [2.05, 4.69) is 17.0 Å². The number of nitroso groups, excluding NO2 is 1. The lowest BCUT2D eigenvalue weighted by molar-refractivity contribution is 0.301. The molecule has 0 atom stereocenters. The predicted molar refractivity (Wildman–Crippen MR) is 87.2 cm³/mol. The molecule has 1 N–H and O–H groups in total. The van der Waals surface area contributed by atoms with Crippen molar-refractivity contribution in [3.05, 3.63) is 29.2 Å². The molecular weight excluding hydrogens is 276 g/mol. The predicted octanol–water partition coefficient (Wildman–Crippen LogP) is 4.28.